The fraction of sp³-hybridized carbons (Fsp3) is 0.333. The Morgan fingerprint density at radius 2 is 1.75 bits per heavy atom. The van der Waals surface area contributed by atoms with Crippen LogP contribution in [0.2, 0.25) is 0 Å². The van der Waals surface area contributed by atoms with E-state index in [0.29, 0.717) is 29.4 Å². The van der Waals surface area contributed by atoms with Crippen LogP contribution in [0.5, 0.6) is 11.5 Å². The van der Waals surface area contributed by atoms with E-state index in [1.807, 2.05) is 43.3 Å². The van der Waals surface area contributed by atoms with Crippen molar-refractivity contribution < 1.29 is 19.1 Å². The van der Waals surface area contributed by atoms with Gasteiger partial charge in [-0.25, -0.2) is 0 Å². The molecule has 28 heavy (non-hydrogen) atoms. The summed E-state index contributed by atoms with van der Waals surface area (Å²) in [6.45, 7) is 0.329. The van der Waals surface area contributed by atoms with Crippen molar-refractivity contribution in [1.82, 2.24) is 0 Å². The fourth-order valence-electron chi connectivity index (χ4n) is 3.21. The van der Waals surface area contributed by atoms with Gasteiger partial charge in [-0.1, -0.05) is 0 Å². The van der Waals surface area contributed by atoms with Crippen LogP contribution in [-0.2, 0) is 9.59 Å². The third-order valence-electron chi connectivity index (χ3n) is 4.83. The van der Waals surface area contributed by atoms with Crippen molar-refractivity contribution >= 4 is 28.9 Å². The second kappa shape index (κ2) is 8.21. The van der Waals surface area contributed by atoms with Crippen LogP contribution in [0.1, 0.15) is 6.42 Å². The maximum Gasteiger partial charge on any atom is 0.229 e. The highest BCUT2D eigenvalue weighted by molar-refractivity contribution is 6.03. The Morgan fingerprint density at radius 1 is 1.07 bits per heavy atom. The van der Waals surface area contributed by atoms with Crippen molar-refractivity contribution in [3.8, 4) is 11.5 Å². The van der Waals surface area contributed by atoms with Crippen LogP contribution in [0.4, 0.5) is 17.1 Å². The minimum atomic E-state index is -0.408. The van der Waals surface area contributed by atoms with E-state index in [9.17, 15) is 9.59 Å². The number of rotatable bonds is 6. The zero-order chi connectivity index (χ0) is 20.3. The first-order valence-corrected chi connectivity index (χ1v) is 9.03. The minimum absolute atomic E-state index is 0.0877. The molecule has 7 heteroatoms. The van der Waals surface area contributed by atoms with Crippen LogP contribution in [0, 0.1) is 5.92 Å². The van der Waals surface area contributed by atoms with Crippen molar-refractivity contribution in [1.29, 1.82) is 0 Å². The van der Waals surface area contributed by atoms with Crippen molar-refractivity contribution in [3.63, 3.8) is 0 Å². The topological polar surface area (TPSA) is 71.1 Å². The van der Waals surface area contributed by atoms with E-state index in [1.165, 1.54) is 0 Å². The number of anilines is 3. The van der Waals surface area contributed by atoms with Crippen LogP contribution in [0.25, 0.3) is 0 Å². The lowest BCUT2D eigenvalue weighted by Crippen LogP contribution is -2.28. The fourth-order valence-corrected chi connectivity index (χ4v) is 3.21. The molecule has 2 amide bonds. The number of amides is 2. The van der Waals surface area contributed by atoms with Gasteiger partial charge in [-0.2, -0.15) is 0 Å². The van der Waals surface area contributed by atoms with E-state index in [2.05, 4.69) is 5.32 Å². The molecule has 0 bridgehead atoms. The van der Waals surface area contributed by atoms with E-state index < -0.39 is 5.92 Å². The summed E-state index contributed by atoms with van der Waals surface area (Å²) >= 11 is 0. The predicted octanol–water partition coefficient (Wildman–Crippen LogP) is 2.76. The van der Waals surface area contributed by atoms with Crippen LogP contribution in [0.3, 0.4) is 0 Å². The van der Waals surface area contributed by atoms with Gasteiger partial charge < -0.3 is 24.6 Å². The molecule has 0 aromatic heterocycles. The summed E-state index contributed by atoms with van der Waals surface area (Å²) in [5.41, 5.74) is 2.45. The zero-order valence-corrected chi connectivity index (χ0v) is 16.6. The van der Waals surface area contributed by atoms with Gasteiger partial charge in [-0.15, -0.1) is 0 Å². The molecule has 0 spiro atoms. The molecular weight excluding hydrogens is 358 g/mol. The summed E-state index contributed by atoms with van der Waals surface area (Å²) in [5, 5.41) is 2.90. The normalized spacial score (nSPS) is 16.1. The SMILES string of the molecule is COc1ccc(N2CC(C(=O)Nc3ccc(N(C)C)cc3)CC2=O)cc1OC. The quantitative estimate of drug-likeness (QED) is 0.831. The number of hydrogen-bond acceptors (Lipinski definition) is 5. The number of nitrogens with zero attached hydrogens (tertiary/aromatic N) is 2. The molecule has 1 aliphatic heterocycles. The van der Waals surface area contributed by atoms with Crippen molar-refractivity contribution in [2.75, 3.05) is 50.0 Å². The summed E-state index contributed by atoms with van der Waals surface area (Å²) < 4.78 is 10.5. The summed E-state index contributed by atoms with van der Waals surface area (Å²) in [4.78, 5) is 28.7. The molecule has 1 heterocycles. The second-order valence-corrected chi connectivity index (χ2v) is 6.88. The van der Waals surface area contributed by atoms with Gasteiger partial charge in [0.15, 0.2) is 11.5 Å². The Balaban J connectivity index is 1.69. The van der Waals surface area contributed by atoms with Crippen LogP contribution in [0.15, 0.2) is 42.5 Å². The number of ether oxygens (including phenoxy) is 2. The minimum Gasteiger partial charge on any atom is -0.493 e. The molecule has 1 fully saturated rings. The summed E-state index contributed by atoms with van der Waals surface area (Å²) in [6, 6.07) is 12.9. The lowest BCUT2D eigenvalue weighted by Gasteiger charge is -2.18. The standard InChI is InChI=1S/C21H25N3O4/c1-23(2)16-7-5-15(6-8-16)22-21(26)14-11-20(25)24(13-14)17-9-10-18(27-3)19(12-17)28-4/h5-10,12,14H,11,13H2,1-4H3,(H,22,26). The second-order valence-electron chi connectivity index (χ2n) is 6.88. The first-order chi connectivity index (χ1) is 13.4. The Hall–Kier alpha value is -3.22. The number of carbonyl (C=O) groups is 2. The Bertz CT molecular complexity index is 864. The average molecular weight is 383 g/mol. The molecular formula is C21H25N3O4. The smallest absolute Gasteiger partial charge is 0.229 e. The van der Waals surface area contributed by atoms with Gasteiger partial charge in [0.25, 0.3) is 0 Å². The van der Waals surface area contributed by atoms with Crippen LogP contribution in [-0.4, -0.2) is 46.7 Å². The van der Waals surface area contributed by atoms with Gasteiger partial charge in [-0.05, 0) is 36.4 Å². The summed E-state index contributed by atoms with van der Waals surface area (Å²) in [6.07, 6.45) is 0.177. The lowest BCUT2D eigenvalue weighted by molar-refractivity contribution is -0.122. The van der Waals surface area contributed by atoms with Gasteiger partial charge in [0, 0.05) is 50.2 Å². The van der Waals surface area contributed by atoms with Crippen molar-refractivity contribution in [3.05, 3.63) is 42.5 Å². The first-order valence-electron chi connectivity index (χ1n) is 9.03. The zero-order valence-electron chi connectivity index (χ0n) is 16.6. The van der Waals surface area contributed by atoms with Gasteiger partial charge in [-0.3, -0.25) is 9.59 Å². The highest BCUT2D eigenvalue weighted by Gasteiger charge is 2.35. The lowest BCUT2D eigenvalue weighted by atomic mass is 10.1. The molecule has 2 aromatic carbocycles. The van der Waals surface area contributed by atoms with E-state index in [0.717, 1.165) is 5.69 Å². The highest BCUT2D eigenvalue weighted by atomic mass is 16.5. The number of benzene rings is 2. The van der Waals surface area contributed by atoms with Crippen LogP contribution < -0.4 is 24.6 Å². The molecule has 1 unspecified atom stereocenters. The molecule has 0 saturated carbocycles. The molecule has 2 aromatic rings. The summed E-state index contributed by atoms with van der Waals surface area (Å²) in [7, 11) is 7.02. The maximum atomic E-state index is 12.6. The van der Waals surface area contributed by atoms with E-state index >= 15 is 0 Å². The largest absolute Gasteiger partial charge is 0.493 e. The molecule has 7 nitrogen and oxygen atoms in total. The van der Waals surface area contributed by atoms with E-state index in [1.54, 1.807) is 37.3 Å². The maximum absolute atomic E-state index is 12.6. The van der Waals surface area contributed by atoms with Crippen molar-refractivity contribution in [2.24, 2.45) is 5.92 Å². The van der Waals surface area contributed by atoms with Gasteiger partial charge in [0.05, 0.1) is 20.1 Å². The van der Waals surface area contributed by atoms with Crippen molar-refractivity contribution in [2.45, 2.75) is 6.42 Å². The third kappa shape index (κ3) is 4.03. The number of carbonyl (C=O) groups excluding carboxylic acids is 2. The number of methoxy groups -OCH3 is 2. The molecule has 1 aliphatic rings. The predicted molar refractivity (Wildman–Crippen MR) is 109 cm³/mol. The first kappa shape index (κ1) is 19.5. The molecule has 0 aliphatic carbocycles. The van der Waals surface area contributed by atoms with Gasteiger partial charge in [0.1, 0.15) is 0 Å². The Morgan fingerprint density at radius 3 is 2.36 bits per heavy atom. The molecule has 0 radical (unpaired) electrons. The molecule has 3 rings (SSSR count). The molecule has 1 saturated heterocycles. The third-order valence-corrected chi connectivity index (χ3v) is 4.83. The average Bonchev–Trinajstić information content (AvgIpc) is 3.09. The Kier molecular flexibility index (Phi) is 5.73. The molecule has 148 valence electrons. The highest BCUT2D eigenvalue weighted by Crippen LogP contribution is 2.34. The Labute approximate surface area is 164 Å². The molecule has 1 N–H and O–H groups in total. The van der Waals surface area contributed by atoms with E-state index in [4.69, 9.17) is 9.47 Å². The van der Waals surface area contributed by atoms with E-state index in [-0.39, 0.29) is 18.2 Å². The van der Waals surface area contributed by atoms with Crippen LogP contribution >= 0.6 is 0 Å². The number of hydrogen-bond donors (Lipinski definition) is 1. The molecule has 1 atom stereocenters. The number of nitrogens with one attached hydrogen (secondary N) is 1. The van der Waals surface area contributed by atoms with Gasteiger partial charge >= 0.3 is 0 Å². The summed E-state index contributed by atoms with van der Waals surface area (Å²) in [5.74, 6) is 0.480. The monoisotopic (exact) mass is 383 g/mol. The van der Waals surface area contributed by atoms with Gasteiger partial charge in [0.2, 0.25) is 11.8 Å².